The van der Waals surface area contributed by atoms with E-state index >= 15 is 0 Å². The molecule has 2 aromatic carbocycles. The highest BCUT2D eigenvalue weighted by molar-refractivity contribution is 6.00. The lowest BCUT2D eigenvalue weighted by molar-refractivity contribution is 0.262. The molecule has 3 nitrogen and oxygen atoms in total. The smallest absolute Gasteiger partial charge is 0.308 e. The van der Waals surface area contributed by atoms with E-state index in [1.807, 2.05) is 55.5 Å². The molecule has 0 aliphatic rings. The van der Waals surface area contributed by atoms with Gasteiger partial charge >= 0.3 is 6.03 Å². The Morgan fingerprint density at radius 1 is 1.00 bits per heavy atom. The molecule has 2 N–H and O–H groups in total. The molecule has 0 radical (unpaired) electrons. The van der Waals surface area contributed by atoms with Gasteiger partial charge < -0.3 is 10.6 Å². The van der Waals surface area contributed by atoms with E-state index in [0.29, 0.717) is 0 Å². The number of carbonyl (C=O) groups excluding carboxylic acids is 1. The van der Waals surface area contributed by atoms with Gasteiger partial charge in [0.2, 0.25) is 0 Å². The molecule has 0 saturated carbocycles. The van der Waals surface area contributed by atoms with Crippen molar-refractivity contribution in [1.29, 1.82) is 0 Å². The molecule has 2 amide bonds. The summed E-state index contributed by atoms with van der Waals surface area (Å²) in [5.41, 5.74) is 4.00. The Balaban J connectivity index is 2.02. The van der Waals surface area contributed by atoms with Crippen LogP contribution >= 0.6 is 0 Å². The number of urea groups is 1. The fourth-order valence-corrected chi connectivity index (χ4v) is 2.05. The molecule has 0 saturated heterocycles. The van der Waals surface area contributed by atoms with Gasteiger partial charge in [0.15, 0.2) is 0 Å². The van der Waals surface area contributed by atoms with Gasteiger partial charge in [0.05, 0.1) is 0 Å². The summed E-state index contributed by atoms with van der Waals surface area (Å²) in [5.74, 6) is 0. The third kappa shape index (κ3) is 3.85. The normalized spacial score (nSPS) is 10.1. The zero-order chi connectivity index (χ0) is 14.4. The van der Waals surface area contributed by atoms with Crippen molar-refractivity contribution in [2.45, 2.75) is 26.7 Å². The molecular weight excluding hydrogens is 248 g/mol. The van der Waals surface area contributed by atoms with Crippen LogP contribution in [0.3, 0.4) is 0 Å². The molecular formula is C17H20N2O. The number of carbonyl (C=O) groups is 1. The Morgan fingerprint density at radius 2 is 1.70 bits per heavy atom. The van der Waals surface area contributed by atoms with Crippen LogP contribution in [0.15, 0.2) is 48.5 Å². The topological polar surface area (TPSA) is 41.1 Å². The summed E-state index contributed by atoms with van der Waals surface area (Å²) < 4.78 is 0. The summed E-state index contributed by atoms with van der Waals surface area (Å²) in [7, 11) is 0. The van der Waals surface area contributed by atoms with Crippen LogP contribution in [0.25, 0.3) is 0 Å². The number of anilines is 2. The van der Waals surface area contributed by atoms with E-state index in [0.717, 1.165) is 29.8 Å². The number of rotatable bonds is 4. The molecule has 0 aromatic heterocycles. The molecule has 0 spiro atoms. The van der Waals surface area contributed by atoms with Crippen LogP contribution in [-0.4, -0.2) is 6.03 Å². The predicted molar refractivity (Wildman–Crippen MR) is 84.3 cm³/mol. The molecule has 3 heteroatoms. The average Bonchev–Trinajstić information content (AvgIpc) is 2.44. The predicted octanol–water partition coefficient (Wildman–Crippen LogP) is 4.59. The number of para-hydroxylation sites is 1. The van der Waals surface area contributed by atoms with Crippen LogP contribution < -0.4 is 10.6 Å². The van der Waals surface area contributed by atoms with Crippen LogP contribution in [0.5, 0.6) is 0 Å². The summed E-state index contributed by atoms with van der Waals surface area (Å²) in [6.45, 7) is 4.15. The average molecular weight is 268 g/mol. The fraction of sp³-hybridized carbons (Fsp3) is 0.235. The lowest BCUT2D eigenvalue weighted by Gasteiger charge is -2.11. The maximum Gasteiger partial charge on any atom is 0.323 e. The minimum absolute atomic E-state index is 0.211. The summed E-state index contributed by atoms with van der Waals surface area (Å²) in [6, 6.07) is 15.4. The molecule has 20 heavy (non-hydrogen) atoms. The zero-order valence-electron chi connectivity index (χ0n) is 11.9. The van der Waals surface area contributed by atoms with Crippen molar-refractivity contribution in [3.63, 3.8) is 0 Å². The molecule has 2 aromatic rings. The van der Waals surface area contributed by atoms with E-state index in [-0.39, 0.29) is 6.03 Å². The monoisotopic (exact) mass is 268 g/mol. The molecule has 0 atom stereocenters. The Bertz CT molecular complexity index is 576. The van der Waals surface area contributed by atoms with Gasteiger partial charge in [0.25, 0.3) is 0 Å². The van der Waals surface area contributed by atoms with Crippen LogP contribution in [0, 0.1) is 6.92 Å². The molecule has 0 unspecified atom stereocenters. The lowest BCUT2D eigenvalue weighted by Crippen LogP contribution is -2.20. The van der Waals surface area contributed by atoms with Gasteiger partial charge in [-0.15, -0.1) is 0 Å². The first kappa shape index (κ1) is 14.1. The van der Waals surface area contributed by atoms with E-state index in [9.17, 15) is 4.79 Å². The molecule has 0 aliphatic carbocycles. The largest absolute Gasteiger partial charge is 0.323 e. The van der Waals surface area contributed by atoms with Crippen LogP contribution in [0.2, 0.25) is 0 Å². The lowest BCUT2D eigenvalue weighted by atomic mass is 10.1. The molecule has 2 rings (SSSR count). The van der Waals surface area contributed by atoms with E-state index in [2.05, 4.69) is 17.6 Å². The first-order valence-corrected chi connectivity index (χ1v) is 6.91. The van der Waals surface area contributed by atoms with Gasteiger partial charge in [-0.25, -0.2) is 4.79 Å². The Labute approximate surface area is 120 Å². The zero-order valence-corrected chi connectivity index (χ0v) is 11.9. The maximum absolute atomic E-state index is 12.0. The van der Waals surface area contributed by atoms with Crippen molar-refractivity contribution in [3.05, 3.63) is 59.7 Å². The van der Waals surface area contributed by atoms with Gasteiger partial charge in [-0.3, -0.25) is 0 Å². The Hall–Kier alpha value is -2.29. The van der Waals surface area contributed by atoms with Gasteiger partial charge in [0.1, 0.15) is 0 Å². The van der Waals surface area contributed by atoms with E-state index in [1.54, 1.807) is 0 Å². The van der Waals surface area contributed by atoms with Crippen LogP contribution in [-0.2, 0) is 6.42 Å². The Kier molecular flexibility index (Phi) is 4.77. The number of amides is 2. The number of aryl methyl sites for hydroxylation is 2. The first-order chi connectivity index (χ1) is 9.69. The molecule has 104 valence electrons. The minimum atomic E-state index is -0.211. The summed E-state index contributed by atoms with van der Waals surface area (Å²) in [6.07, 6.45) is 2.01. The van der Waals surface area contributed by atoms with Crippen molar-refractivity contribution >= 4 is 17.4 Å². The summed E-state index contributed by atoms with van der Waals surface area (Å²) >= 11 is 0. The number of hydrogen-bond donors (Lipinski definition) is 2. The second-order valence-corrected chi connectivity index (χ2v) is 4.85. The first-order valence-electron chi connectivity index (χ1n) is 6.91. The fourth-order valence-electron chi connectivity index (χ4n) is 2.05. The minimum Gasteiger partial charge on any atom is -0.308 e. The van der Waals surface area contributed by atoms with Gasteiger partial charge in [-0.05, 0) is 37.1 Å². The SMILES string of the molecule is CCCc1ccccc1NC(=O)Nc1ccc(C)cc1. The Morgan fingerprint density at radius 3 is 2.40 bits per heavy atom. The summed E-state index contributed by atoms with van der Waals surface area (Å²) in [4.78, 5) is 12.0. The van der Waals surface area contributed by atoms with Crippen molar-refractivity contribution < 1.29 is 4.79 Å². The van der Waals surface area contributed by atoms with Crippen molar-refractivity contribution in [2.24, 2.45) is 0 Å². The highest BCUT2D eigenvalue weighted by atomic mass is 16.2. The quantitative estimate of drug-likeness (QED) is 0.836. The van der Waals surface area contributed by atoms with Crippen LogP contribution in [0.1, 0.15) is 24.5 Å². The van der Waals surface area contributed by atoms with Crippen molar-refractivity contribution in [1.82, 2.24) is 0 Å². The highest BCUT2D eigenvalue weighted by Crippen LogP contribution is 2.17. The standard InChI is InChI=1S/C17H20N2O/c1-3-6-14-7-4-5-8-16(14)19-17(20)18-15-11-9-13(2)10-12-15/h4-5,7-12H,3,6H2,1-2H3,(H2,18,19,20). The molecule has 0 aliphatic heterocycles. The van der Waals surface area contributed by atoms with E-state index in [4.69, 9.17) is 0 Å². The number of benzene rings is 2. The molecule has 0 fully saturated rings. The van der Waals surface area contributed by atoms with Crippen molar-refractivity contribution in [3.8, 4) is 0 Å². The third-order valence-corrected chi connectivity index (χ3v) is 3.09. The highest BCUT2D eigenvalue weighted by Gasteiger charge is 2.06. The maximum atomic E-state index is 12.0. The van der Waals surface area contributed by atoms with E-state index in [1.165, 1.54) is 5.56 Å². The van der Waals surface area contributed by atoms with Crippen molar-refractivity contribution in [2.75, 3.05) is 10.6 Å². The third-order valence-electron chi connectivity index (χ3n) is 3.09. The second kappa shape index (κ2) is 6.75. The van der Waals surface area contributed by atoms with Crippen LogP contribution in [0.4, 0.5) is 16.2 Å². The molecule has 0 bridgehead atoms. The summed E-state index contributed by atoms with van der Waals surface area (Å²) in [5, 5.41) is 5.75. The molecule has 0 heterocycles. The van der Waals surface area contributed by atoms with E-state index < -0.39 is 0 Å². The van der Waals surface area contributed by atoms with Gasteiger partial charge in [0, 0.05) is 11.4 Å². The van der Waals surface area contributed by atoms with Gasteiger partial charge in [-0.1, -0.05) is 49.2 Å². The number of nitrogens with one attached hydrogen (secondary N) is 2. The number of hydrogen-bond acceptors (Lipinski definition) is 1. The second-order valence-electron chi connectivity index (χ2n) is 4.85. The van der Waals surface area contributed by atoms with Gasteiger partial charge in [-0.2, -0.15) is 0 Å².